The van der Waals surface area contributed by atoms with Gasteiger partial charge >= 0.3 is 0 Å². The molecule has 102 valence electrons. The minimum atomic E-state index is -0.948. The van der Waals surface area contributed by atoms with Crippen LogP contribution in [0.2, 0.25) is 0 Å². The Labute approximate surface area is 109 Å². The zero-order valence-electron chi connectivity index (χ0n) is 10.5. The molecule has 2 N–H and O–H groups in total. The second kappa shape index (κ2) is 5.41. The Balaban J connectivity index is 2.33. The third-order valence-corrected chi connectivity index (χ3v) is 3.11. The predicted octanol–water partition coefficient (Wildman–Crippen LogP) is -0.186. The molecule has 0 saturated heterocycles. The average molecular weight is 266 g/mol. The third-order valence-electron chi connectivity index (χ3n) is 3.11. The van der Waals surface area contributed by atoms with Crippen molar-refractivity contribution in [2.75, 3.05) is 13.2 Å². The van der Waals surface area contributed by atoms with Crippen molar-refractivity contribution in [3.8, 4) is 0 Å². The summed E-state index contributed by atoms with van der Waals surface area (Å²) in [5.74, 6) is 0.0427. The Morgan fingerprint density at radius 2 is 1.84 bits per heavy atom. The van der Waals surface area contributed by atoms with E-state index >= 15 is 0 Å². The van der Waals surface area contributed by atoms with Gasteiger partial charge in [0.1, 0.15) is 5.82 Å². The molecule has 1 heterocycles. The minimum Gasteiger partial charge on any atom is -0.395 e. The average Bonchev–Trinajstić information content (AvgIpc) is 2.82. The zero-order valence-corrected chi connectivity index (χ0v) is 10.5. The first-order valence-electron chi connectivity index (χ1n) is 5.80. The molecule has 0 radical (unpaired) electrons. The van der Waals surface area contributed by atoms with E-state index in [1.165, 1.54) is 29.1 Å². The summed E-state index contributed by atoms with van der Waals surface area (Å²) in [5.41, 5.74) is -0.317. The molecular weight excluding hydrogens is 251 g/mol. The topological polar surface area (TPSA) is 84.1 Å². The van der Waals surface area contributed by atoms with E-state index in [4.69, 9.17) is 0 Å². The summed E-state index contributed by atoms with van der Waals surface area (Å²) in [6, 6.07) is 5.66. The molecule has 0 amide bonds. The lowest BCUT2D eigenvalue weighted by Gasteiger charge is -2.29. The van der Waals surface area contributed by atoms with E-state index in [1.54, 1.807) is 7.05 Å². The number of aromatic nitrogens is 4. The number of rotatable bonds is 5. The van der Waals surface area contributed by atoms with E-state index in [0.717, 1.165) is 0 Å². The van der Waals surface area contributed by atoms with Crippen LogP contribution in [0.4, 0.5) is 4.39 Å². The van der Waals surface area contributed by atoms with Crippen LogP contribution in [0.1, 0.15) is 11.4 Å². The minimum absolute atomic E-state index is 0.222. The van der Waals surface area contributed by atoms with Gasteiger partial charge in [-0.25, -0.2) is 4.39 Å². The number of nitrogens with zero attached hydrogens (tertiary/aromatic N) is 4. The maximum atomic E-state index is 12.9. The van der Waals surface area contributed by atoms with Gasteiger partial charge < -0.3 is 10.2 Å². The van der Waals surface area contributed by atoms with Gasteiger partial charge in [0.05, 0.1) is 20.3 Å². The number of tetrazole rings is 1. The molecule has 0 aliphatic carbocycles. The molecule has 6 nitrogen and oxygen atoms in total. The van der Waals surface area contributed by atoms with Crippen LogP contribution >= 0.6 is 0 Å². The highest BCUT2D eigenvalue weighted by Gasteiger charge is 2.33. The molecule has 0 saturated carbocycles. The number of aryl methyl sites for hydroxylation is 1. The Morgan fingerprint density at radius 3 is 2.32 bits per heavy atom. The van der Waals surface area contributed by atoms with Crippen LogP contribution in [0.15, 0.2) is 24.3 Å². The lowest BCUT2D eigenvalue weighted by Crippen LogP contribution is -2.37. The highest BCUT2D eigenvalue weighted by molar-refractivity contribution is 5.27. The van der Waals surface area contributed by atoms with Gasteiger partial charge in [-0.05, 0) is 22.9 Å². The lowest BCUT2D eigenvalue weighted by atomic mass is 9.79. The normalized spacial score (nSPS) is 11.8. The first kappa shape index (κ1) is 13.6. The van der Waals surface area contributed by atoms with Crippen LogP contribution < -0.4 is 0 Å². The van der Waals surface area contributed by atoms with Crippen molar-refractivity contribution < 1.29 is 14.6 Å². The number of hydrogen-bond donors (Lipinski definition) is 2. The molecule has 0 aliphatic rings. The van der Waals surface area contributed by atoms with Gasteiger partial charge in [0, 0.05) is 11.8 Å². The van der Waals surface area contributed by atoms with Crippen molar-refractivity contribution in [1.82, 2.24) is 20.2 Å². The molecule has 1 aromatic carbocycles. The van der Waals surface area contributed by atoms with Crippen molar-refractivity contribution in [3.63, 3.8) is 0 Å². The van der Waals surface area contributed by atoms with Crippen LogP contribution in [0, 0.1) is 5.82 Å². The molecule has 1 aromatic heterocycles. The number of halogens is 1. The Kier molecular flexibility index (Phi) is 3.87. The summed E-state index contributed by atoms with van der Waals surface area (Å²) in [5, 5.41) is 30.8. The van der Waals surface area contributed by atoms with E-state index < -0.39 is 5.41 Å². The van der Waals surface area contributed by atoms with Crippen LogP contribution in [0.5, 0.6) is 0 Å². The van der Waals surface area contributed by atoms with Gasteiger partial charge in [-0.1, -0.05) is 12.1 Å². The number of hydrogen-bond acceptors (Lipinski definition) is 5. The summed E-state index contributed by atoms with van der Waals surface area (Å²) in [6.45, 7) is -0.596. The SMILES string of the molecule is Cn1nnc(CC(CO)(CO)c2ccc(F)cc2)n1. The number of aliphatic hydroxyl groups excluding tert-OH is 2. The molecule has 0 spiro atoms. The van der Waals surface area contributed by atoms with E-state index in [2.05, 4.69) is 15.4 Å². The molecule has 0 atom stereocenters. The Hall–Kier alpha value is -1.86. The van der Waals surface area contributed by atoms with Crippen LogP contribution in [-0.2, 0) is 18.9 Å². The molecule has 0 unspecified atom stereocenters. The first-order chi connectivity index (χ1) is 9.09. The van der Waals surface area contributed by atoms with E-state index in [0.29, 0.717) is 11.4 Å². The second-order valence-corrected chi connectivity index (χ2v) is 4.48. The first-order valence-corrected chi connectivity index (χ1v) is 5.80. The standard InChI is InChI=1S/C12H15FN4O2/c1-17-15-11(14-16-17)6-12(7-18,8-19)9-2-4-10(13)5-3-9/h2-5,18-19H,6-8H2,1H3. The van der Waals surface area contributed by atoms with Crippen molar-refractivity contribution >= 4 is 0 Å². The lowest BCUT2D eigenvalue weighted by molar-refractivity contribution is 0.114. The smallest absolute Gasteiger partial charge is 0.175 e. The fraction of sp³-hybridized carbons (Fsp3) is 0.417. The second-order valence-electron chi connectivity index (χ2n) is 4.48. The molecule has 2 aromatic rings. The number of benzene rings is 1. The molecule has 19 heavy (non-hydrogen) atoms. The number of aliphatic hydroxyl groups is 2. The molecule has 7 heteroatoms. The van der Waals surface area contributed by atoms with E-state index in [1.807, 2.05) is 0 Å². The zero-order chi connectivity index (χ0) is 13.9. The summed E-state index contributed by atoms with van der Waals surface area (Å²) in [6.07, 6.45) is 0.222. The van der Waals surface area contributed by atoms with Crippen LogP contribution in [0.3, 0.4) is 0 Å². The summed E-state index contributed by atoms with van der Waals surface area (Å²) >= 11 is 0. The summed E-state index contributed by atoms with van der Waals surface area (Å²) < 4.78 is 12.9. The molecular formula is C12H15FN4O2. The van der Waals surface area contributed by atoms with E-state index in [9.17, 15) is 14.6 Å². The van der Waals surface area contributed by atoms with Gasteiger partial charge in [-0.15, -0.1) is 10.2 Å². The summed E-state index contributed by atoms with van der Waals surface area (Å²) in [7, 11) is 1.63. The van der Waals surface area contributed by atoms with Gasteiger partial charge in [0.15, 0.2) is 5.82 Å². The van der Waals surface area contributed by atoms with E-state index in [-0.39, 0.29) is 25.5 Å². The van der Waals surface area contributed by atoms with Crippen molar-refractivity contribution in [2.24, 2.45) is 7.05 Å². The maximum absolute atomic E-state index is 12.9. The van der Waals surface area contributed by atoms with Crippen molar-refractivity contribution in [2.45, 2.75) is 11.8 Å². The van der Waals surface area contributed by atoms with Gasteiger partial charge in [0.25, 0.3) is 0 Å². The predicted molar refractivity (Wildman–Crippen MR) is 64.8 cm³/mol. The molecule has 0 bridgehead atoms. The van der Waals surface area contributed by atoms with Crippen LogP contribution in [0.25, 0.3) is 0 Å². The van der Waals surface area contributed by atoms with Gasteiger partial charge in [-0.2, -0.15) is 4.80 Å². The molecule has 0 fully saturated rings. The van der Waals surface area contributed by atoms with Gasteiger partial charge in [-0.3, -0.25) is 0 Å². The van der Waals surface area contributed by atoms with Crippen molar-refractivity contribution in [1.29, 1.82) is 0 Å². The molecule has 2 rings (SSSR count). The highest BCUT2D eigenvalue weighted by atomic mass is 19.1. The Bertz CT molecular complexity index is 537. The van der Waals surface area contributed by atoms with Crippen LogP contribution in [-0.4, -0.2) is 43.6 Å². The monoisotopic (exact) mass is 266 g/mol. The van der Waals surface area contributed by atoms with Gasteiger partial charge in [0.2, 0.25) is 0 Å². The molecule has 0 aliphatic heterocycles. The highest BCUT2D eigenvalue weighted by Crippen LogP contribution is 2.27. The fourth-order valence-electron chi connectivity index (χ4n) is 1.95. The summed E-state index contributed by atoms with van der Waals surface area (Å²) in [4.78, 5) is 1.31. The van der Waals surface area contributed by atoms with Crippen molar-refractivity contribution in [3.05, 3.63) is 41.5 Å². The quantitative estimate of drug-likeness (QED) is 0.784. The third kappa shape index (κ3) is 2.77. The Morgan fingerprint density at radius 1 is 1.21 bits per heavy atom. The maximum Gasteiger partial charge on any atom is 0.175 e. The largest absolute Gasteiger partial charge is 0.395 e. The fourth-order valence-corrected chi connectivity index (χ4v) is 1.95.